The van der Waals surface area contributed by atoms with Crippen molar-refractivity contribution in [1.82, 2.24) is 8.01 Å². The predicted octanol–water partition coefficient (Wildman–Crippen LogP) is 1.36. The molecular weight excluding hydrogens is 239 g/mol. The van der Waals surface area contributed by atoms with Gasteiger partial charge in [-0.25, -0.2) is 3.11 Å². The zero-order valence-corrected chi connectivity index (χ0v) is 9.00. The van der Waals surface area contributed by atoms with Gasteiger partial charge in [0, 0.05) is 48.0 Å². The van der Waals surface area contributed by atoms with Gasteiger partial charge in [-0.15, -0.1) is 0 Å². The van der Waals surface area contributed by atoms with Crippen LogP contribution in [0.2, 0.25) is 0 Å². The lowest BCUT2D eigenvalue weighted by molar-refractivity contribution is 0.119. The smallest absolute Gasteiger partial charge is 0.0235 e. The second-order valence-corrected chi connectivity index (χ2v) is 4.56. The molecule has 1 aliphatic rings. The molecule has 1 saturated heterocycles. The lowest BCUT2D eigenvalue weighted by Crippen LogP contribution is -2.51. The van der Waals surface area contributed by atoms with Crippen molar-refractivity contribution in [2.45, 2.75) is 25.9 Å². The SMILES string of the molecule is C[C@@H]1CN(I)C[C@H](C)N1C. The van der Waals surface area contributed by atoms with Crippen molar-refractivity contribution in [3.8, 4) is 0 Å². The summed E-state index contributed by atoms with van der Waals surface area (Å²) in [6, 6.07) is 1.42. The van der Waals surface area contributed by atoms with Crippen LogP contribution in [0.4, 0.5) is 0 Å². The highest BCUT2D eigenvalue weighted by atomic mass is 127. The highest BCUT2D eigenvalue weighted by Crippen LogP contribution is 2.15. The topological polar surface area (TPSA) is 6.48 Å². The molecule has 0 bridgehead atoms. The standard InChI is InChI=1S/C7H15IN2/c1-6-4-10(8)5-7(2)9(6)3/h6-7H,4-5H2,1-3H3/t6-,7+. The zero-order valence-electron chi connectivity index (χ0n) is 6.84. The van der Waals surface area contributed by atoms with Gasteiger partial charge in [0.05, 0.1) is 0 Å². The first kappa shape index (κ1) is 8.74. The molecule has 0 aliphatic carbocycles. The molecule has 0 N–H and O–H groups in total. The lowest BCUT2D eigenvalue weighted by Gasteiger charge is -2.39. The largest absolute Gasteiger partial charge is 0.298 e. The van der Waals surface area contributed by atoms with Crippen LogP contribution < -0.4 is 0 Å². The van der Waals surface area contributed by atoms with Crippen LogP contribution in [-0.4, -0.2) is 40.2 Å². The Balaban J connectivity index is 2.49. The molecule has 0 aromatic heterocycles. The van der Waals surface area contributed by atoms with E-state index in [2.05, 4.69) is 51.8 Å². The Bertz CT molecular complexity index is 106. The summed E-state index contributed by atoms with van der Waals surface area (Å²) in [5.41, 5.74) is 0. The van der Waals surface area contributed by atoms with Crippen LogP contribution in [0.5, 0.6) is 0 Å². The average molecular weight is 254 g/mol. The first-order valence-electron chi connectivity index (χ1n) is 3.74. The summed E-state index contributed by atoms with van der Waals surface area (Å²) in [6.07, 6.45) is 0. The minimum Gasteiger partial charge on any atom is -0.298 e. The average Bonchev–Trinajstić information content (AvgIpc) is 1.82. The van der Waals surface area contributed by atoms with E-state index in [1.807, 2.05) is 0 Å². The van der Waals surface area contributed by atoms with Crippen molar-refractivity contribution in [3.05, 3.63) is 0 Å². The normalized spacial score (nSPS) is 38.4. The fourth-order valence-electron chi connectivity index (χ4n) is 1.34. The molecule has 2 atom stereocenters. The van der Waals surface area contributed by atoms with E-state index in [1.165, 1.54) is 13.1 Å². The molecule has 0 aromatic rings. The van der Waals surface area contributed by atoms with E-state index >= 15 is 0 Å². The van der Waals surface area contributed by atoms with E-state index < -0.39 is 0 Å². The van der Waals surface area contributed by atoms with Gasteiger partial charge in [-0.1, -0.05) is 0 Å². The van der Waals surface area contributed by atoms with Crippen LogP contribution in [-0.2, 0) is 0 Å². The Labute approximate surface area is 77.1 Å². The van der Waals surface area contributed by atoms with Gasteiger partial charge in [0.15, 0.2) is 0 Å². The van der Waals surface area contributed by atoms with Crippen molar-refractivity contribution in [2.75, 3.05) is 20.1 Å². The number of likely N-dealkylation sites (N-methyl/N-ethyl adjacent to an activating group) is 1. The Morgan fingerprint density at radius 1 is 1.20 bits per heavy atom. The maximum Gasteiger partial charge on any atom is 0.0235 e. The molecule has 10 heavy (non-hydrogen) atoms. The van der Waals surface area contributed by atoms with E-state index in [0.717, 1.165) is 0 Å². The molecule has 3 heteroatoms. The molecule has 2 nitrogen and oxygen atoms in total. The van der Waals surface area contributed by atoms with E-state index in [0.29, 0.717) is 12.1 Å². The van der Waals surface area contributed by atoms with E-state index in [4.69, 9.17) is 0 Å². The van der Waals surface area contributed by atoms with Gasteiger partial charge >= 0.3 is 0 Å². The first-order chi connectivity index (χ1) is 4.61. The fourth-order valence-corrected chi connectivity index (χ4v) is 2.48. The van der Waals surface area contributed by atoms with Crippen molar-refractivity contribution >= 4 is 22.9 Å². The number of hydrogen-bond donors (Lipinski definition) is 0. The monoisotopic (exact) mass is 254 g/mol. The van der Waals surface area contributed by atoms with E-state index in [1.54, 1.807) is 0 Å². The Morgan fingerprint density at radius 2 is 1.60 bits per heavy atom. The molecule has 0 amide bonds. The van der Waals surface area contributed by atoms with Gasteiger partial charge in [0.2, 0.25) is 0 Å². The van der Waals surface area contributed by atoms with Gasteiger partial charge in [-0.3, -0.25) is 4.90 Å². The molecule has 0 radical (unpaired) electrons. The maximum absolute atomic E-state index is 2.44. The summed E-state index contributed by atoms with van der Waals surface area (Å²) in [5, 5.41) is 0. The third kappa shape index (κ3) is 1.83. The molecule has 0 spiro atoms. The highest BCUT2D eigenvalue weighted by Gasteiger charge is 2.24. The fraction of sp³-hybridized carbons (Fsp3) is 1.00. The van der Waals surface area contributed by atoms with Crippen molar-refractivity contribution < 1.29 is 0 Å². The van der Waals surface area contributed by atoms with Crippen molar-refractivity contribution in [3.63, 3.8) is 0 Å². The molecule has 60 valence electrons. The van der Waals surface area contributed by atoms with Crippen LogP contribution >= 0.6 is 22.9 Å². The van der Waals surface area contributed by atoms with Gasteiger partial charge < -0.3 is 0 Å². The van der Waals surface area contributed by atoms with Gasteiger partial charge in [0.1, 0.15) is 0 Å². The van der Waals surface area contributed by atoms with Crippen LogP contribution in [0.1, 0.15) is 13.8 Å². The Kier molecular flexibility index (Phi) is 2.94. The first-order valence-corrected chi connectivity index (χ1v) is 4.70. The number of halogens is 1. The number of rotatable bonds is 0. The second kappa shape index (κ2) is 3.36. The van der Waals surface area contributed by atoms with Crippen LogP contribution in [0.15, 0.2) is 0 Å². The molecule has 1 rings (SSSR count). The minimum absolute atomic E-state index is 0.709. The number of hydrogen-bond acceptors (Lipinski definition) is 2. The van der Waals surface area contributed by atoms with Crippen LogP contribution in [0.3, 0.4) is 0 Å². The van der Waals surface area contributed by atoms with E-state index in [-0.39, 0.29) is 0 Å². The summed E-state index contributed by atoms with van der Waals surface area (Å²) in [6.45, 7) is 6.95. The summed E-state index contributed by atoms with van der Waals surface area (Å²) in [7, 11) is 2.21. The number of nitrogens with zero attached hydrogens (tertiary/aromatic N) is 2. The third-order valence-corrected chi connectivity index (χ3v) is 3.10. The predicted molar refractivity (Wildman–Crippen MR) is 52.3 cm³/mol. The summed E-state index contributed by atoms with van der Waals surface area (Å²) >= 11 is 2.40. The Morgan fingerprint density at radius 3 is 2.00 bits per heavy atom. The molecule has 0 aromatic carbocycles. The summed E-state index contributed by atoms with van der Waals surface area (Å²) < 4.78 is 2.37. The zero-order chi connectivity index (χ0) is 7.72. The quantitative estimate of drug-likeness (QED) is 0.475. The molecular formula is C7H15IN2. The molecule has 0 saturated carbocycles. The van der Waals surface area contributed by atoms with Crippen molar-refractivity contribution in [2.24, 2.45) is 0 Å². The van der Waals surface area contributed by atoms with Gasteiger partial charge in [-0.2, -0.15) is 0 Å². The maximum atomic E-state index is 2.44. The van der Waals surface area contributed by atoms with Gasteiger partial charge in [-0.05, 0) is 20.9 Å². The second-order valence-electron chi connectivity index (χ2n) is 3.19. The highest BCUT2D eigenvalue weighted by molar-refractivity contribution is 14.1. The van der Waals surface area contributed by atoms with Crippen LogP contribution in [0, 0.1) is 0 Å². The molecule has 0 unspecified atom stereocenters. The minimum atomic E-state index is 0.709. The van der Waals surface area contributed by atoms with E-state index in [9.17, 15) is 0 Å². The number of piperazine rings is 1. The third-order valence-electron chi connectivity index (χ3n) is 2.32. The lowest BCUT2D eigenvalue weighted by atomic mass is 10.1. The summed E-state index contributed by atoms with van der Waals surface area (Å²) in [5.74, 6) is 0. The van der Waals surface area contributed by atoms with Crippen LogP contribution in [0.25, 0.3) is 0 Å². The van der Waals surface area contributed by atoms with Gasteiger partial charge in [0.25, 0.3) is 0 Å². The molecule has 1 aliphatic heterocycles. The molecule has 1 fully saturated rings. The Hall–Kier alpha value is 0.650. The summed E-state index contributed by atoms with van der Waals surface area (Å²) in [4.78, 5) is 2.44. The van der Waals surface area contributed by atoms with Crippen molar-refractivity contribution in [1.29, 1.82) is 0 Å². The molecule has 1 heterocycles.